The lowest BCUT2D eigenvalue weighted by molar-refractivity contribution is 0.0664. The third-order valence-corrected chi connectivity index (χ3v) is 4.14. The molecule has 2 aromatic heterocycles. The molecule has 0 aromatic carbocycles. The third-order valence-electron chi connectivity index (χ3n) is 4.14. The fourth-order valence-corrected chi connectivity index (χ4v) is 3.09. The molecule has 0 fully saturated rings. The van der Waals surface area contributed by atoms with Crippen molar-refractivity contribution >= 4 is 5.91 Å². The molecule has 4 rings (SSSR count). The minimum Gasteiger partial charge on any atom is -0.371 e. The van der Waals surface area contributed by atoms with Crippen LogP contribution in [-0.4, -0.2) is 31.9 Å². The molecular weight excluding hydrogens is 256 g/mol. The van der Waals surface area contributed by atoms with Crippen molar-refractivity contribution in [3.8, 4) is 11.1 Å². The molecule has 0 saturated carbocycles. The zero-order valence-corrected chi connectivity index (χ0v) is 11.0. The molecule has 2 N–H and O–H groups in total. The second-order valence-electron chi connectivity index (χ2n) is 5.40. The lowest BCUT2D eigenvalue weighted by Gasteiger charge is -2.21. The predicted octanol–water partition coefficient (Wildman–Crippen LogP) is 0.922. The highest BCUT2D eigenvalue weighted by Gasteiger charge is 2.25. The minimum atomic E-state index is -0.692. The zero-order chi connectivity index (χ0) is 13.7. The van der Waals surface area contributed by atoms with Crippen LogP contribution in [-0.2, 0) is 13.0 Å². The number of nitrogens with one attached hydrogen (secondary N) is 1. The van der Waals surface area contributed by atoms with E-state index in [1.807, 2.05) is 23.1 Å². The fraction of sp³-hybridized carbons (Fsp3) is 0.429. The quantitative estimate of drug-likeness (QED) is 0.811. The van der Waals surface area contributed by atoms with Crippen molar-refractivity contribution in [2.24, 2.45) is 0 Å². The summed E-state index contributed by atoms with van der Waals surface area (Å²) in [6.07, 6.45) is 6.39. The lowest BCUT2D eigenvalue weighted by Crippen LogP contribution is -2.38. The summed E-state index contributed by atoms with van der Waals surface area (Å²) < 4.78 is 3.69. The summed E-state index contributed by atoms with van der Waals surface area (Å²) in [6.45, 7) is 1.22. The summed E-state index contributed by atoms with van der Waals surface area (Å²) in [5, 5.41) is 17.1. The Balaban J connectivity index is 1.82. The number of hydrogen-bond donors (Lipinski definition) is 2. The summed E-state index contributed by atoms with van der Waals surface area (Å²) >= 11 is 0. The highest BCUT2D eigenvalue weighted by Crippen LogP contribution is 2.30. The first-order valence-corrected chi connectivity index (χ1v) is 6.97. The van der Waals surface area contributed by atoms with Crippen molar-refractivity contribution in [2.45, 2.75) is 32.0 Å². The number of amides is 1. The van der Waals surface area contributed by atoms with E-state index in [0.29, 0.717) is 5.69 Å². The van der Waals surface area contributed by atoms with Gasteiger partial charge in [0.25, 0.3) is 5.91 Å². The molecule has 0 aliphatic carbocycles. The van der Waals surface area contributed by atoms with E-state index in [0.717, 1.165) is 24.1 Å². The van der Waals surface area contributed by atoms with Crippen molar-refractivity contribution in [1.29, 1.82) is 0 Å². The standard InChI is InChI=1S/C14H16N4O2/c19-13-7-15-14(20)12-5-9(8-17(12)13)10-6-16-18-4-2-1-3-11(10)18/h5-6,8,13,19H,1-4,7H2,(H,15,20). The average Bonchev–Trinajstić information content (AvgIpc) is 3.07. The molecule has 0 radical (unpaired) electrons. The molecule has 0 bridgehead atoms. The number of aryl methyl sites for hydroxylation is 1. The molecule has 2 aromatic rings. The van der Waals surface area contributed by atoms with Crippen LogP contribution in [0.25, 0.3) is 11.1 Å². The Morgan fingerprint density at radius 2 is 2.30 bits per heavy atom. The zero-order valence-electron chi connectivity index (χ0n) is 11.0. The summed E-state index contributed by atoms with van der Waals surface area (Å²) in [6, 6.07) is 1.84. The number of aliphatic hydroxyl groups is 1. The molecule has 0 saturated heterocycles. The van der Waals surface area contributed by atoms with Crippen molar-refractivity contribution in [1.82, 2.24) is 19.7 Å². The van der Waals surface area contributed by atoms with Crippen LogP contribution in [0.5, 0.6) is 0 Å². The first-order chi connectivity index (χ1) is 9.74. The van der Waals surface area contributed by atoms with E-state index in [2.05, 4.69) is 10.4 Å². The van der Waals surface area contributed by atoms with Crippen molar-refractivity contribution < 1.29 is 9.90 Å². The van der Waals surface area contributed by atoms with Crippen LogP contribution in [0, 0.1) is 0 Å². The summed E-state index contributed by atoms with van der Waals surface area (Å²) in [7, 11) is 0. The van der Waals surface area contributed by atoms with E-state index in [1.54, 1.807) is 4.57 Å². The molecule has 20 heavy (non-hydrogen) atoms. The molecule has 6 heteroatoms. The largest absolute Gasteiger partial charge is 0.371 e. The molecule has 1 atom stereocenters. The maximum Gasteiger partial charge on any atom is 0.268 e. The summed E-state index contributed by atoms with van der Waals surface area (Å²) in [4.78, 5) is 11.8. The minimum absolute atomic E-state index is 0.136. The van der Waals surface area contributed by atoms with Gasteiger partial charge in [-0.3, -0.25) is 9.48 Å². The molecule has 0 spiro atoms. The highest BCUT2D eigenvalue weighted by atomic mass is 16.3. The van der Waals surface area contributed by atoms with Gasteiger partial charge in [-0.15, -0.1) is 0 Å². The maximum absolute atomic E-state index is 11.8. The smallest absolute Gasteiger partial charge is 0.268 e. The van der Waals surface area contributed by atoms with E-state index in [1.165, 1.54) is 18.5 Å². The van der Waals surface area contributed by atoms with Crippen LogP contribution in [0.15, 0.2) is 18.5 Å². The van der Waals surface area contributed by atoms with Gasteiger partial charge in [0.2, 0.25) is 0 Å². The number of carbonyl (C=O) groups excluding carboxylic acids is 1. The third kappa shape index (κ3) is 1.61. The van der Waals surface area contributed by atoms with Crippen molar-refractivity contribution in [3.05, 3.63) is 29.8 Å². The Morgan fingerprint density at radius 1 is 1.40 bits per heavy atom. The lowest BCUT2D eigenvalue weighted by atomic mass is 10.0. The molecule has 2 aliphatic rings. The first kappa shape index (κ1) is 11.7. The van der Waals surface area contributed by atoms with Crippen molar-refractivity contribution in [3.63, 3.8) is 0 Å². The number of rotatable bonds is 1. The molecule has 1 unspecified atom stereocenters. The van der Waals surface area contributed by atoms with Gasteiger partial charge >= 0.3 is 0 Å². The summed E-state index contributed by atoms with van der Waals surface area (Å²) in [5.74, 6) is -0.136. The maximum atomic E-state index is 11.8. The van der Waals surface area contributed by atoms with E-state index in [-0.39, 0.29) is 12.5 Å². The number of nitrogens with zero attached hydrogens (tertiary/aromatic N) is 3. The van der Waals surface area contributed by atoms with Crippen LogP contribution in [0.2, 0.25) is 0 Å². The van der Waals surface area contributed by atoms with Crippen LogP contribution in [0.1, 0.15) is 35.3 Å². The SMILES string of the molecule is O=C1NCC(O)n2cc(-c3cnn4c3CCCC4)cc21. The van der Waals surface area contributed by atoms with Crippen LogP contribution in [0.3, 0.4) is 0 Å². The van der Waals surface area contributed by atoms with Gasteiger partial charge in [0.1, 0.15) is 11.9 Å². The number of carbonyl (C=O) groups is 1. The number of fused-ring (bicyclic) bond motifs is 2. The monoisotopic (exact) mass is 272 g/mol. The number of β-amino-alcohol motifs (C(OH)–C–C–N with tert-alkyl or cyclic N) is 1. The molecular formula is C14H16N4O2. The number of hydrogen-bond acceptors (Lipinski definition) is 3. The van der Waals surface area contributed by atoms with Gasteiger partial charge in [0.15, 0.2) is 0 Å². The Kier molecular flexibility index (Phi) is 2.47. The van der Waals surface area contributed by atoms with Crippen molar-refractivity contribution in [2.75, 3.05) is 6.54 Å². The fourth-order valence-electron chi connectivity index (χ4n) is 3.09. The Bertz CT molecular complexity index is 685. The number of aliphatic hydroxyl groups excluding tert-OH is 1. The van der Waals surface area contributed by atoms with E-state index < -0.39 is 6.23 Å². The van der Waals surface area contributed by atoms with Gasteiger partial charge in [-0.1, -0.05) is 0 Å². The predicted molar refractivity (Wildman–Crippen MR) is 72.2 cm³/mol. The average molecular weight is 272 g/mol. The van der Waals surface area contributed by atoms with E-state index in [4.69, 9.17) is 0 Å². The Hall–Kier alpha value is -2.08. The van der Waals surface area contributed by atoms with Gasteiger partial charge in [0.05, 0.1) is 12.7 Å². The van der Waals surface area contributed by atoms with Crippen LogP contribution in [0.4, 0.5) is 0 Å². The molecule has 1 amide bonds. The van der Waals surface area contributed by atoms with Gasteiger partial charge in [-0.2, -0.15) is 5.10 Å². The van der Waals surface area contributed by atoms with Gasteiger partial charge in [0, 0.05) is 29.6 Å². The van der Waals surface area contributed by atoms with Gasteiger partial charge in [-0.25, -0.2) is 0 Å². The topological polar surface area (TPSA) is 72.1 Å². The first-order valence-electron chi connectivity index (χ1n) is 6.97. The highest BCUT2D eigenvalue weighted by molar-refractivity contribution is 5.95. The van der Waals surface area contributed by atoms with Gasteiger partial charge < -0.3 is 15.0 Å². The Morgan fingerprint density at radius 3 is 3.15 bits per heavy atom. The molecule has 2 aliphatic heterocycles. The molecule has 104 valence electrons. The molecule has 6 nitrogen and oxygen atoms in total. The van der Waals surface area contributed by atoms with Crippen LogP contribution >= 0.6 is 0 Å². The Labute approximate surface area is 116 Å². The second kappa shape index (κ2) is 4.21. The normalized spacial score (nSPS) is 21.2. The van der Waals surface area contributed by atoms with Gasteiger partial charge in [-0.05, 0) is 25.3 Å². The second-order valence-corrected chi connectivity index (χ2v) is 5.40. The molecule has 4 heterocycles. The number of aromatic nitrogens is 3. The van der Waals surface area contributed by atoms with Crippen LogP contribution < -0.4 is 5.32 Å². The van der Waals surface area contributed by atoms with E-state index >= 15 is 0 Å². The summed E-state index contributed by atoms with van der Waals surface area (Å²) in [5.41, 5.74) is 3.77. The van der Waals surface area contributed by atoms with E-state index in [9.17, 15) is 9.90 Å².